The molecule has 2 rings (SSSR count). The van der Waals surface area contributed by atoms with Crippen molar-refractivity contribution in [3.63, 3.8) is 0 Å². The molecule has 1 amide bonds. The summed E-state index contributed by atoms with van der Waals surface area (Å²) in [5, 5.41) is 9.60. The van der Waals surface area contributed by atoms with Gasteiger partial charge in [-0.15, -0.1) is 0 Å². The number of aryl methyl sites for hydroxylation is 1. The Kier molecular flexibility index (Phi) is 6.05. The topological polar surface area (TPSA) is 66.2 Å². The van der Waals surface area contributed by atoms with Crippen molar-refractivity contribution >= 4 is 11.7 Å². The van der Waals surface area contributed by atoms with Gasteiger partial charge in [0.2, 0.25) is 5.91 Å². The second kappa shape index (κ2) is 8.23. The normalized spacial score (nSPS) is 10.2. The Bertz CT molecular complexity index is 751. The summed E-state index contributed by atoms with van der Waals surface area (Å²) in [7, 11) is 1.58. The molecule has 0 spiro atoms. The molecule has 5 nitrogen and oxygen atoms in total. The third-order valence-corrected chi connectivity index (χ3v) is 3.66. The minimum absolute atomic E-state index is 0.0724. The summed E-state index contributed by atoms with van der Waals surface area (Å²) in [6.45, 7) is 4.34. The van der Waals surface area contributed by atoms with Crippen LogP contribution in [0.5, 0.6) is 0 Å². The highest BCUT2D eigenvalue weighted by molar-refractivity contribution is 5.93. The van der Waals surface area contributed by atoms with E-state index >= 15 is 0 Å². The Balaban J connectivity index is 2.53. The molecule has 0 fully saturated rings. The summed E-state index contributed by atoms with van der Waals surface area (Å²) < 4.78 is 5.18. The van der Waals surface area contributed by atoms with Crippen LogP contribution < -0.4 is 4.90 Å². The quantitative estimate of drug-likeness (QED) is 0.817. The third kappa shape index (κ3) is 3.98. The number of aromatic nitrogens is 1. The van der Waals surface area contributed by atoms with Gasteiger partial charge in [0.25, 0.3) is 0 Å². The molecule has 0 aliphatic heterocycles. The molecule has 24 heavy (non-hydrogen) atoms. The van der Waals surface area contributed by atoms with Crippen LogP contribution in [-0.4, -0.2) is 18.0 Å². The number of benzene rings is 1. The highest BCUT2D eigenvalue weighted by atomic mass is 16.5. The van der Waals surface area contributed by atoms with Gasteiger partial charge in [-0.3, -0.25) is 9.69 Å². The van der Waals surface area contributed by atoms with Gasteiger partial charge in [-0.2, -0.15) is 5.26 Å². The van der Waals surface area contributed by atoms with E-state index in [0.717, 1.165) is 16.8 Å². The third-order valence-electron chi connectivity index (χ3n) is 3.66. The standard InChI is InChI=1S/C19H21N3O2/c1-4-18(23)22(12-15-8-6-5-7-9-15)19-17(11-20)16(13-24-3)10-14(2)21-19/h5-10H,4,12-13H2,1-3H3. The van der Waals surface area contributed by atoms with E-state index in [1.165, 1.54) is 0 Å². The van der Waals surface area contributed by atoms with E-state index < -0.39 is 0 Å². The van der Waals surface area contributed by atoms with Crippen LogP contribution in [0.25, 0.3) is 0 Å². The Morgan fingerprint density at radius 3 is 2.62 bits per heavy atom. The van der Waals surface area contributed by atoms with Crippen molar-refractivity contribution in [1.29, 1.82) is 5.26 Å². The van der Waals surface area contributed by atoms with E-state index in [9.17, 15) is 10.1 Å². The lowest BCUT2D eigenvalue weighted by atomic mass is 10.1. The van der Waals surface area contributed by atoms with Crippen LogP contribution >= 0.6 is 0 Å². The van der Waals surface area contributed by atoms with E-state index in [2.05, 4.69) is 11.1 Å². The molecular weight excluding hydrogens is 302 g/mol. The molecule has 0 saturated carbocycles. The lowest BCUT2D eigenvalue weighted by Crippen LogP contribution is -2.31. The minimum Gasteiger partial charge on any atom is -0.380 e. The van der Waals surface area contributed by atoms with Gasteiger partial charge in [-0.25, -0.2) is 4.98 Å². The zero-order chi connectivity index (χ0) is 17.5. The molecule has 0 aliphatic rings. The van der Waals surface area contributed by atoms with Crippen LogP contribution in [0.2, 0.25) is 0 Å². The predicted molar refractivity (Wildman–Crippen MR) is 92.3 cm³/mol. The predicted octanol–water partition coefficient (Wildman–Crippen LogP) is 3.35. The molecule has 0 radical (unpaired) electrons. The van der Waals surface area contributed by atoms with E-state index in [-0.39, 0.29) is 5.91 Å². The summed E-state index contributed by atoms with van der Waals surface area (Å²) in [5.74, 6) is 0.331. The number of nitrogens with zero attached hydrogens (tertiary/aromatic N) is 3. The molecule has 5 heteroatoms. The van der Waals surface area contributed by atoms with Crippen molar-refractivity contribution < 1.29 is 9.53 Å². The molecule has 0 saturated heterocycles. The van der Waals surface area contributed by atoms with Gasteiger partial charge in [0.1, 0.15) is 11.6 Å². The number of ether oxygens (including phenoxy) is 1. The average Bonchev–Trinajstić information content (AvgIpc) is 2.60. The first-order chi connectivity index (χ1) is 11.6. The highest BCUT2D eigenvalue weighted by Crippen LogP contribution is 2.25. The van der Waals surface area contributed by atoms with Crippen LogP contribution in [0.15, 0.2) is 36.4 Å². The fraction of sp³-hybridized carbons (Fsp3) is 0.316. The molecule has 0 unspecified atom stereocenters. The van der Waals surface area contributed by atoms with Gasteiger partial charge in [0.05, 0.1) is 13.2 Å². The van der Waals surface area contributed by atoms with Crippen LogP contribution in [0, 0.1) is 18.3 Å². The molecule has 1 heterocycles. The first-order valence-corrected chi connectivity index (χ1v) is 7.84. The maximum atomic E-state index is 12.5. The van der Waals surface area contributed by atoms with Crippen molar-refractivity contribution in [2.45, 2.75) is 33.4 Å². The zero-order valence-electron chi connectivity index (χ0n) is 14.2. The number of carbonyl (C=O) groups is 1. The second-order valence-electron chi connectivity index (χ2n) is 5.49. The van der Waals surface area contributed by atoms with Gasteiger partial charge in [0, 0.05) is 24.8 Å². The Hall–Kier alpha value is -2.71. The van der Waals surface area contributed by atoms with Gasteiger partial charge in [0.15, 0.2) is 5.82 Å². The number of rotatable bonds is 6. The Morgan fingerprint density at radius 2 is 2.04 bits per heavy atom. The van der Waals surface area contributed by atoms with Crippen LogP contribution in [0.3, 0.4) is 0 Å². The number of carbonyl (C=O) groups excluding carboxylic acids is 1. The summed E-state index contributed by atoms with van der Waals surface area (Å²) in [6.07, 6.45) is 0.340. The molecule has 0 atom stereocenters. The molecule has 1 aromatic heterocycles. The number of nitriles is 1. The van der Waals surface area contributed by atoms with Crippen LogP contribution in [-0.2, 0) is 22.7 Å². The number of hydrogen-bond donors (Lipinski definition) is 0. The van der Waals surface area contributed by atoms with E-state index in [1.54, 1.807) is 18.9 Å². The van der Waals surface area contributed by atoms with Crippen LogP contribution in [0.1, 0.15) is 35.7 Å². The fourth-order valence-corrected chi connectivity index (χ4v) is 2.55. The molecule has 0 aliphatic carbocycles. The highest BCUT2D eigenvalue weighted by Gasteiger charge is 2.22. The maximum absolute atomic E-state index is 12.5. The van der Waals surface area contributed by atoms with Crippen molar-refractivity contribution in [3.8, 4) is 6.07 Å². The molecule has 0 bridgehead atoms. The van der Waals surface area contributed by atoms with E-state index in [4.69, 9.17) is 4.74 Å². The molecule has 0 N–H and O–H groups in total. The van der Waals surface area contributed by atoms with Crippen molar-refractivity contribution in [3.05, 3.63) is 58.8 Å². The summed E-state index contributed by atoms with van der Waals surface area (Å²) in [5.41, 5.74) is 2.86. The first kappa shape index (κ1) is 17.6. The van der Waals surface area contributed by atoms with Crippen molar-refractivity contribution in [2.24, 2.45) is 0 Å². The van der Waals surface area contributed by atoms with Gasteiger partial charge < -0.3 is 4.74 Å². The number of pyridine rings is 1. The monoisotopic (exact) mass is 323 g/mol. The summed E-state index contributed by atoms with van der Waals surface area (Å²) >= 11 is 0. The van der Waals surface area contributed by atoms with Crippen molar-refractivity contribution in [2.75, 3.05) is 12.0 Å². The molecule has 124 valence electrons. The average molecular weight is 323 g/mol. The first-order valence-electron chi connectivity index (χ1n) is 7.84. The summed E-state index contributed by atoms with van der Waals surface area (Å²) in [4.78, 5) is 18.6. The van der Waals surface area contributed by atoms with E-state index in [0.29, 0.717) is 31.0 Å². The van der Waals surface area contributed by atoms with E-state index in [1.807, 2.05) is 43.3 Å². The zero-order valence-corrected chi connectivity index (χ0v) is 14.2. The molecular formula is C19H21N3O2. The molecule has 1 aromatic carbocycles. The number of hydrogen-bond acceptors (Lipinski definition) is 4. The number of amides is 1. The molecule has 2 aromatic rings. The Morgan fingerprint density at radius 1 is 1.33 bits per heavy atom. The summed E-state index contributed by atoms with van der Waals surface area (Å²) in [6, 6.07) is 13.7. The largest absolute Gasteiger partial charge is 0.380 e. The lowest BCUT2D eigenvalue weighted by Gasteiger charge is -2.24. The fourth-order valence-electron chi connectivity index (χ4n) is 2.55. The van der Waals surface area contributed by atoms with Crippen LogP contribution in [0.4, 0.5) is 5.82 Å². The number of anilines is 1. The van der Waals surface area contributed by atoms with Gasteiger partial charge in [-0.05, 0) is 18.6 Å². The van der Waals surface area contributed by atoms with Crippen molar-refractivity contribution in [1.82, 2.24) is 4.98 Å². The second-order valence-corrected chi connectivity index (χ2v) is 5.49. The van der Waals surface area contributed by atoms with Gasteiger partial charge in [-0.1, -0.05) is 37.3 Å². The SMILES string of the molecule is CCC(=O)N(Cc1ccccc1)c1nc(C)cc(COC)c1C#N. The lowest BCUT2D eigenvalue weighted by molar-refractivity contribution is -0.118. The smallest absolute Gasteiger partial charge is 0.228 e. The van der Waals surface area contributed by atoms with Gasteiger partial charge >= 0.3 is 0 Å². The minimum atomic E-state index is -0.0724. The Labute approximate surface area is 142 Å². The maximum Gasteiger partial charge on any atom is 0.228 e. The number of methoxy groups -OCH3 is 1.